The van der Waals surface area contributed by atoms with E-state index in [2.05, 4.69) is 0 Å². The number of fused-ring (bicyclic) bond motifs is 1. The minimum absolute atomic E-state index is 0.0371. The molecule has 7 heteroatoms. The van der Waals surface area contributed by atoms with Crippen LogP contribution in [-0.4, -0.2) is 21.6 Å². The molecule has 0 bridgehead atoms. The van der Waals surface area contributed by atoms with E-state index in [1.165, 1.54) is 6.07 Å². The van der Waals surface area contributed by atoms with Crippen molar-refractivity contribution in [2.75, 3.05) is 5.73 Å². The van der Waals surface area contributed by atoms with Gasteiger partial charge in [0.15, 0.2) is 0 Å². The summed E-state index contributed by atoms with van der Waals surface area (Å²) < 4.78 is 0.888. The van der Waals surface area contributed by atoms with Crippen molar-refractivity contribution < 1.29 is 14.7 Å². The number of hydrogen-bond acceptors (Lipinski definition) is 3. The summed E-state index contributed by atoms with van der Waals surface area (Å²) in [6.07, 6.45) is -0.644. The van der Waals surface area contributed by atoms with Crippen molar-refractivity contribution in [2.45, 2.75) is 13.3 Å². The highest BCUT2D eigenvalue weighted by molar-refractivity contribution is 6.38. The van der Waals surface area contributed by atoms with Crippen LogP contribution in [0.1, 0.15) is 28.5 Å². The molecule has 0 radical (unpaired) electrons. The number of rotatable bonds is 3. The lowest BCUT2D eigenvalue weighted by Crippen LogP contribution is -2.17. The summed E-state index contributed by atoms with van der Waals surface area (Å²) in [7, 11) is 0. The van der Waals surface area contributed by atoms with Gasteiger partial charge in [-0.15, -0.1) is 0 Å². The Balaban J connectivity index is 2.36. The second kappa shape index (κ2) is 6.43. The molecule has 0 amide bonds. The van der Waals surface area contributed by atoms with Gasteiger partial charge in [0.2, 0.25) is 5.78 Å². The normalized spacial score (nSPS) is 11.0. The zero-order valence-electron chi connectivity index (χ0n) is 13.2. The molecule has 3 aromatic rings. The molecule has 25 heavy (non-hydrogen) atoms. The van der Waals surface area contributed by atoms with Crippen molar-refractivity contribution >= 4 is 51.7 Å². The maximum atomic E-state index is 12.9. The molecule has 0 aliphatic heterocycles. The first-order chi connectivity index (χ1) is 11.8. The number of aryl methyl sites for hydroxylation is 1. The fourth-order valence-electron chi connectivity index (χ4n) is 2.84. The maximum absolute atomic E-state index is 12.9. The number of hydrogen-bond donors (Lipinski definition) is 2. The Morgan fingerprint density at radius 1 is 1.20 bits per heavy atom. The van der Waals surface area contributed by atoms with E-state index in [1.54, 1.807) is 30.3 Å². The summed E-state index contributed by atoms with van der Waals surface area (Å²) in [5, 5.41) is 10.7. The van der Waals surface area contributed by atoms with E-state index in [4.69, 9.17) is 28.9 Å². The average molecular weight is 377 g/mol. The Kier molecular flexibility index (Phi) is 4.45. The molecule has 0 aliphatic carbocycles. The number of nitrogens with zero attached hydrogens (tertiary/aromatic N) is 1. The maximum Gasteiger partial charge on any atom is 0.416 e. The number of carboxylic acid groups (broad SMARTS) is 1. The van der Waals surface area contributed by atoms with Crippen LogP contribution in [0.4, 0.5) is 10.5 Å². The fourth-order valence-corrected chi connectivity index (χ4v) is 3.37. The predicted molar refractivity (Wildman–Crippen MR) is 99.0 cm³/mol. The quantitative estimate of drug-likeness (QED) is 0.639. The van der Waals surface area contributed by atoms with Crippen LogP contribution in [0.15, 0.2) is 36.4 Å². The number of nitrogen functional groups attached to an aromatic ring is 1. The van der Waals surface area contributed by atoms with Crippen LogP contribution < -0.4 is 5.73 Å². The Morgan fingerprint density at radius 3 is 2.52 bits per heavy atom. The Morgan fingerprint density at radius 2 is 1.92 bits per heavy atom. The van der Waals surface area contributed by atoms with Crippen LogP contribution >= 0.6 is 23.2 Å². The largest absolute Gasteiger partial charge is 0.464 e. The number of ketones is 1. The third-order valence-electron chi connectivity index (χ3n) is 4.02. The topological polar surface area (TPSA) is 85.3 Å². The van der Waals surface area contributed by atoms with Gasteiger partial charge in [-0.2, -0.15) is 0 Å². The molecular formula is C18H14Cl2N2O3. The Labute approximate surface area is 153 Å². The second-order valence-corrected chi connectivity index (χ2v) is 6.39. The first-order valence-corrected chi connectivity index (χ1v) is 8.26. The summed E-state index contributed by atoms with van der Waals surface area (Å²) in [6.45, 7) is 1.92. The Hall–Kier alpha value is -2.50. The van der Waals surface area contributed by atoms with E-state index in [0.717, 1.165) is 10.1 Å². The van der Waals surface area contributed by atoms with E-state index in [9.17, 15) is 14.7 Å². The van der Waals surface area contributed by atoms with Crippen LogP contribution in [0, 0.1) is 0 Å². The Bertz CT molecular complexity index is 1020. The molecule has 1 heterocycles. The zero-order valence-corrected chi connectivity index (χ0v) is 14.7. The predicted octanol–water partition coefficient (Wildman–Crippen LogP) is 4.85. The van der Waals surface area contributed by atoms with E-state index in [-0.39, 0.29) is 16.9 Å². The van der Waals surface area contributed by atoms with E-state index < -0.39 is 11.9 Å². The van der Waals surface area contributed by atoms with Crippen molar-refractivity contribution in [1.29, 1.82) is 0 Å². The minimum Gasteiger partial charge on any atom is -0.464 e. The monoisotopic (exact) mass is 376 g/mol. The van der Waals surface area contributed by atoms with Gasteiger partial charge in [0.1, 0.15) is 5.69 Å². The average Bonchev–Trinajstić information content (AvgIpc) is 2.87. The van der Waals surface area contributed by atoms with Crippen molar-refractivity contribution in [3.8, 4) is 0 Å². The van der Waals surface area contributed by atoms with E-state index >= 15 is 0 Å². The van der Waals surface area contributed by atoms with Crippen LogP contribution in [0.25, 0.3) is 10.9 Å². The lowest BCUT2D eigenvalue weighted by atomic mass is 10.1. The van der Waals surface area contributed by atoms with E-state index in [0.29, 0.717) is 27.4 Å². The molecule has 1 aromatic heterocycles. The van der Waals surface area contributed by atoms with E-state index in [1.807, 2.05) is 6.92 Å². The molecule has 128 valence electrons. The number of carbonyl (C=O) groups excluding carboxylic acids is 1. The van der Waals surface area contributed by atoms with Crippen LogP contribution in [0.5, 0.6) is 0 Å². The molecular weight excluding hydrogens is 363 g/mol. The first kappa shape index (κ1) is 17.3. The number of carbonyl (C=O) groups is 2. The lowest BCUT2D eigenvalue weighted by Gasteiger charge is -2.06. The highest BCUT2D eigenvalue weighted by atomic mass is 35.5. The second-order valence-electron chi connectivity index (χ2n) is 5.55. The summed E-state index contributed by atoms with van der Waals surface area (Å²) in [6, 6.07) is 9.66. The summed E-state index contributed by atoms with van der Waals surface area (Å²) in [5.41, 5.74) is 7.41. The standard InChI is InChI=1S/C18H14Cl2N2O3/c1-2-9-6-12(20)14-13(7-9)22(18(24)25)16(15(14)21)17(23)10-4-3-5-11(19)8-10/h3-8H,2,21H2,1H3,(H,24,25). The molecule has 0 fully saturated rings. The molecule has 0 saturated heterocycles. The summed E-state index contributed by atoms with van der Waals surface area (Å²) in [4.78, 5) is 24.8. The van der Waals surface area contributed by atoms with Gasteiger partial charge in [0.05, 0.1) is 16.2 Å². The van der Waals surface area contributed by atoms with Gasteiger partial charge in [0.25, 0.3) is 0 Å². The van der Waals surface area contributed by atoms with Gasteiger partial charge in [-0.3, -0.25) is 4.79 Å². The molecule has 0 aliphatic rings. The number of aromatic nitrogens is 1. The molecule has 0 saturated carbocycles. The molecule has 5 nitrogen and oxygen atoms in total. The highest BCUT2D eigenvalue weighted by Gasteiger charge is 2.27. The molecule has 3 N–H and O–H groups in total. The SMILES string of the molecule is CCc1cc(Cl)c2c(N)c(C(=O)c3cccc(Cl)c3)n(C(=O)O)c2c1. The fraction of sp³-hybridized carbons (Fsp3) is 0.111. The summed E-state index contributed by atoms with van der Waals surface area (Å²) in [5.74, 6) is -0.535. The number of benzene rings is 2. The van der Waals surface area contributed by atoms with Gasteiger partial charge in [-0.1, -0.05) is 42.3 Å². The van der Waals surface area contributed by atoms with Crippen molar-refractivity contribution in [3.05, 3.63) is 63.3 Å². The van der Waals surface area contributed by atoms with Crippen molar-refractivity contribution in [2.24, 2.45) is 0 Å². The highest BCUT2D eigenvalue weighted by Crippen LogP contribution is 2.36. The van der Waals surface area contributed by atoms with Crippen molar-refractivity contribution in [3.63, 3.8) is 0 Å². The number of halogens is 2. The third kappa shape index (κ3) is 2.86. The van der Waals surface area contributed by atoms with Gasteiger partial charge < -0.3 is 10.8 Å². The third-order valence-corrected chi connectivity index (χ3v) is 4.55. The first-order valence-electron chi connectivity index (χ1n) is 7.51. The van der Waals surface area contributed by atoms with Gasteiger partial charge in [0, 0.05) is 16.0 Å². The van der Waals surface area contributed by atoms with Gasteiger partial charge in [-0.05, 0) is 36.2 Å². The summed E-state index contributed by atoms with van der Waals surface area (Å²) >= 11 is 12.2. The molecule has 0 spiro atoms. The smallest absolute Gasteiger partial charge is 0.416 e. The zero-order chi connectivity index (χ0) is 18.3. The molecule has 2 aromatic carbocycles. The molecule has 3 rings (SSSR count). The lowest BCUT2D eigenvalue weighted by molar-refractivity contribution is 0.103. The van der Waals surface area contributed by atoms with Crippen LogP contribution in [-0.2, 0) is 6.42 Å². The molecule has 0 atom stereocenters. The minimum atomic E-state index is -1.31. The number of nitrogens with two attached hydrogens (primary N) is 1. The van der Waals surface area contributed by atoms with Crippen LogP contribution in [0.3, 0.4) is 0 Å². The van der Waals surface area contributed by atoms with Gasteiger partial charge >= 0.3 is 6.09 Å². The molecule has 0 unspecified atom stereocenters. The van der Waals surface area contributed by atoms with Crippen LogP contribution in [0.2, 0.25) is 10.0 Å². The van der Waals surface area contributed by atoms with Gasteiger partial charge in [-0.25, -0.2) is 9.36 Å². The number of anilines is 1. The van der Waals surface area contributed by atoms with Crippen molar-refractivity contribution in [1.82, 2.24) is 4.57 Å².